The second-order valence-corrected chi connectivity index (χ2v) is 7.89. The quantitative estimate of drug-likeness (QED) is 0.921. The van der Waals surface area contributed by atoms with Gasteiger partial charge in [-0.3, -0.25) is 4.90 Å². The van der Waals surface area contributed by atoms with E-state index >= 15 is 0 Å². The summed E-state index contributed by atoms with van der Waals surface area (Å²) in [5.74, 6) is 1.55. The first-order valence-electron chi connectivity index (χ1n) is 9.40. The molecular weight excluding hydrogens is 294 g/mol. The van der Waals surface area contributed by atoms with Crippen LogP contribution in [-0.2, 0) is 0 Å². The van der Waals surface area contributed by atoms with Gasteiger partial charge in [0, 0.05) is 19.6 Å². The average Bonchev–Trinajstić information content (AvgIpc) is 3.31. The van der Waals surface area contributed by atoms with E-state index in [4.69, 9.17) is 0 Å². The van der Waals surface area contributed by atoms with Gasteiger partial charge in [-0.15, -0.1) is 0 Å². The predicted octanol–water partition coefficient (Wildman–Crippen LogP) is 4.09. The number of allylic oxidation sites excluding steroid dienone is 1. The van der Waals surface area contributed by atoms with Crippen LogP contribution in [0.2, 0.25) is 0 Å². The lowest BCUT2D eigenvalue weighted by Gasteiger charge is -2.25. The van der Waals surface area contributed by atoms with Crippen LogP contribution in [0.3, 0.4) is 0 Å². The van der Waals surface area contributed by atoms with E-state index < -0.39 is 0 Å². The Hall–Kier alpha value is -1.64. The van der Waals surface area contributed by atoms with E-state index in [0.717, 1.165) is 37.9 Å². The minimum Gasteiger partial charge on any atom is -0.392 e. The van der Waals surface area contributed by atoms with Gasteiger partial charge in [0.1, 0.15) is 0 Å². The fourth-order valence-electron chi connectivity index (χ4n) is 5.23. The summed E-state index contributed by atoms with van der Waals surface area (Å²) in [7, 11) is 0. The Bertz CT molecular complexity index is 808. The molecule has 5 rings (SSSR count). The highest BCUT2D eigenvalue weighted by atomic mass is 16.3. The Labute approximate surface area is 143 Å². The van der Waals surface area contributed by atoms with Gasteiger partial charge in [0.15, 0.2) is 0 Å². The van der Waals surface area contributed by atoms with Crippen LogP contribution in [0.25, 0.3) is 16.3 Å². The number of fused-ring (bicyclic) bond motifs is 3. The smallest absolute Gasteiger partial charge is 0.0679 e. The molecule has 2 aliphatic carbocycles. The van der Waals surface area contributed by atoms with Crippen molar-refractivity contribution in [1.29, 1.82) is 0 Å². The molecule has 0 radical (unpaired) electrons. The molecule has 1 saturated carbocycles. The molecule has 124 valence electrons. The van der Waals surface area contributed by atoms with Crippen molar-refractivity contribution in [1.82, 2.24) is 4.90 Å². The van der Waals surface area contributed by atoms with Crippen LogP contribution in [0.1, 0.15) is 31.2 Å². The number of benzene rings is 2. The van der Waals surface area contributed by atoms with Gasteiger partial charge in [-0.05, 0) is 71.1 Å². The number of likely N-dealkylation sites (tertiary alicyclic amines) is 1. The Morgan fingerprint density at radius 3 is 2.62 bits per heavy atom. The summed E-state index contributed by atoms with van der Waals surface area (Å²) >= 11 is 0. The van der Waals surface area contributed by atoms with E-state index in [1.54, 1.807) is 11.1 Å². The molecule has 2 nitrogen and oxygen atoms in total. The van der Waals surface area contributed by atoms with Gasteiger partial charge < -0.3 is 5.11 Å². The van der Waals surface area contributed by atoms with Crippen LogP contribution in [0.4, 0.5) is 0 Å². The maximum absolute atomic E-state index is 9.85. The summed E-state index contributed by atoms with van der Waals surface area (Å²) in [6, 6.07) is 15.7. The van der Waals surface area contributed by atoms with Crippen LogP contribution < -0.4 is 0 Å². The van der Waals surface area contributed by atoms with E-state index in [1.807, 2.05) is 0 Å². The van der Waals surface area contributed by atoms with Gasteiger partial charge in [-0.2, -0.15) is 0 Å². The molecule has 2 bridgehead atoms. The maximum atomic E-state index is 9.85. The monoisotopic (exact) mass is 319 g/mol. The van der Waals surface area contributed by atoms with E-state index in [-0.39, 0.29) is 6.10 Å². The highest BCUT2D eigenvalue weighted by Gasteiger charge is 2.40. The van der Waals surface area contributed by atoms with Crippen molar-refractivity contribution in [2.24, 2.45) is 11.8 Å². The molecule has 3 atom stereocenters. The summed E-state index contributed by atoms with van der Waals surface area (Å²) < 4.78 is 0. The fraction of sp³-hybridized carbons (Fsp3) is 0.455. The molecule has 1 heterocycles. The molecule has 1 aliphatic heterocycles. The molecule has 2 aromatic carbocycles. The molecule has 3 aliphatic rings. The van der Waals surface area contributed by atoms with Crippen LogP contribution in [0.15, 0.2) is 48.0 Å². The van der Waals surface area contributed by atoms with Crippen molar-refractivity contribution in [2.75, 3.05) is 19.6 Å². The highest BCUT2D eigenvalue weighted by Crippen LogP contribution is 2.52. The van der Waals surface area contributed by atoms with Crippen molar-refractivity contribution < 1.29 is 5.11 Å². The van der Waals surface area contributed by atoms with Gasteiger partial charge in [0.25, 0.3) is 0 Å². The first kappa shape index (κ1) is 14.7. The molecule has 0 spiro atoms. The van der Waals surface area contributed by atoms with Gasteiger partial charge in [-0.25, -0.2) is 0 Å². The third kappa shape index (κ3) is 2.40. The molecule has 1 saturated heterocycles. The van der Waals surface area contributed by atoms with Crippen molar-refractivity contribution in [3.8, 4) is 0 Å². The summed E-state index contributed by atoms with van der Waals surface area (Å²) in [5.41, 5.74) is 4.75. The number of hydrogen-bond acceptors (Lipinski definition) is 2. The standard InChI is InChI=1S/C22H25NO/c24-20-9-10-23(13-20)14-21-17-6-8-19(12-17)22(21)18-7-5-15-3-1-2-4-16(15)11-18/h1-5,7,11,17,19-20,24H,6,8-10,12-14H2. The topological polar surface area (TPSA) is 23.5 Å². The minimum atomic E-state index is -0.117. The van der Waals surface area contributed by atoms with Crippen LogP contribution >= 0.6 is 0 Å². The van der Waals surface area contributed by atoms with Crippen LogP contribution in [0.5, 0.6) is 0 Å². The Morgan fingerprint density at radius 2 is 1.79 bits per heavy atom. The first-order chi connectivity index (χ1) is 11.8. The van der Waals surface area contributed by atoms with Crippen LogP contribution in [0, 0.1) is 11.8 Å². The molecule has 0 aromatic heterocycles. The summed E-state index contributed by atoms with van der Waals surface area (Å²) in [6.07, 6.45) is 4.90. The second-order valence-electron chi connectivity index (χ2n) is 7.89. The molecule has 24 heavy (non-hydrogen) atoms. The molecule has 2 aromatic rings. The first-order valence-corrected chi connectivity index (χ1v) is 9.40. The third-order valence-corrected chi connectivity index (χ3v) is 6.38. The molecule has 2 fully saturated rings. The van der Waals surface area contributed by atoms with Gasteiger partial charge >= 0.3 is 0 Å². The lowest BCUT2D eigenvalue weighted by atomic mass is 9.86. The number of hydrogen-bond donors (Lipinski definition) is 1. The zero-order chi connectivity index (χ0) is 16.1. The maximum Gasteiger partial charge on any atom is 0.0679 e. The number of aliphatic hydroxyl groups is 1. The molecule has 1 N–H and O–H groups in total. The summed E-state index contributed by atoms with van der Waals surface area (Å²) in [4.78, 5) is 2.46. The zero-order valence-electron chi connectivity index (χ0n) is 14.1. The number of rotatable bonds is 3. The van der Waals surface area contributed by atoms with Crippen LogP contribution in [-0.4, -0.2) is 35.7 Å². The molecule has 2 heteroatoms. The number of aliphatic hydroxyl groups excluding tert-OH is 1. The number of β-amino-alcohol motifs (C(OH)–C–C–N with tert-alkyl or cyclic N) is 1. The third-order valence-electron chi connectivity index (χ3n) is 6.38. The Balaban J connectivity index is 1.54. The Morgan fingerprint density at radius 1 is 0.958 bits per heavy atom. The summed E-state index contributed by atoms with van der Waals surface area (Å²) in [6.45, 7) is 2.97. The summed E-state index contributed by atoms with van der Waals surface area (Å²) in [5, 5.41) is 12.5. The van der Waals surface area contributed by atoms with Crippen molar-refractivity contribution in [3.63, 3.8) is 0 Å². The van der Waals surface area contributed by atoms with E-state index in [1.165, 1.54) is 35.6 Å². The van der Waals surface area contributed by atoms with Crippen molar-refractivity contribution in [3.05, 3.63) is 53.6 Å². The van der Waals surface area contributed by atoms with Crippen molar-refractivity contribution >= 4 is 16.3 Å². The minimum absolute atomic E-state index is 0.117. The second kappa shape index (κ2) is 5.72. The molecular formula is C22H25NO. The fourth-order valence-corrected chi connectivity index (χ4v) is 5.23. The lowest BCUT2D eigenvalue weighted by molar-refractivity contribution is 0.178. The average molecular weight is 319 g/mol. The molecule has 0 amide bonds. The van der Waals surface area contributed by atoms with E-state index in [0.29, 0.717) is 0 Å². The highest BCUT2D eigenvalue weighted by molar-refractivity contribution is 5.87. The number of nitrogens with zero attached hydrogens (tertiary/aromatic N) is 1. The zero-order valence-corrected chi connectivity index (χ0v) is 14.1. The van der Waals surface area contributed by atoms with E-state index in [9.17, 15) is 5.11 Å². The predicted molar refractivity (Wildman–Crippen MR) is 98.8 cm³/mol. The Kier molecular flexibility index (Phi) is 3.50. The van der Waals surface area contributed by atoms with Gasteiger partial charge in [-0.1, -0.05) is 36.4 Å². The lowest BCUT2D eigenvalue weighted by Crippen LogP contribution is -2.26. The van der Waals surface area contributed by atoms with Crippen molar-refractivity contribution in [2.45, 2.75) is 31.8 Å². The largest absolute Gasteiger partial charge is 0.392 e. The molecule has 3 unspecified atom stereocenters. The van der Waals surface area contributed by atoms with Gasteiger partial charge in [0.2, 0.25) is 0 Å². The normalized spacial score (nSPS) is 30.0. The van der Waals surface area contributed by atoms with E-state index in [2.05, 4.69) is 47.4 Å². The van der Waals surface area contributed by atoms with Gasteiger partial charge in [0.05, 0.1) is 6.10 Å². The SMILES string of the molecule is OC1CCN(CC2=C(c3ccc4ccccc4c3)C3CCC2C3)C1.